The molecule has 0 bridgehead atoms. The highest BCUT2D eigenvalue weighted by Gasteiger charge is 2.06. The molecule has 0 saturated carbocycles. The molecule has 3 aromatic rings. The second-order valence-corrected chi connectivity index (χ2v) is 6.90. The molecule has 0 amide bonds. The van der Waals surface area contributed by atoms with E-state index in [1.165, 1.54) is 5.56 Å². The van der Waals surface area contributed by atoms with Crippen molar-refractivity contribution >= 4 is 40.8 Å². The lowest BCUT2D eigenvalue weighted by atomic mass is 10.1. The Morgan fingerprint density at radius 2 is 1.83 bits per heavy atom. The molecule has 2 N–H and O–H groups in total. The van der Waals surface area contributed by atoms with Crippen LogP contribution >= 0.6 is 24.0 Å². The number of para-hydroxylation sites is 1. The van der Waals surface area contributed by atoms with E-state index in [-0.39, 0.29) is 24.0 Å². The van der Waals surface area contributed by atoms with E-state index in [1.807, 2.05) is 30.5 Å². The molecule has 0 aliphatic carbocycles. The molecule has 1 heterocycles. The Bertz CT molecular complexity index is 896. The lowest BCUT2D eigenvalue weighted by Crippen LogP contribution is -2.39. The van der Waals surface area contributed by atoms with Crippen LogP contribution < -0.4 is 10.6 Å². The maximum atomic E-state index is 5.82. The van der Waals surface area contributed by atoms with Crippen molar-refractivity contribution in [1.82, 2.24) is 15.6 Å². The maximum absolute atomic E-state index is 5.82. The van der Waals surface area contributed by atoms with Gasteiger partial charge in [0.2, 0.25) is 0 Å². The summed E-state index contributed by atoms with van der Waals surface area (Å²) in [4.78, 5) is 8.82. The number of rotatable bonds is 8. The largest absolute Gasteiger partial charge is 0.376 e. The first-order chi connectivity index (χ1) is 13.8. The highest BCUT2D eigenvalue weighted by molar-refractivity contribution is 14.0. The van der Waals surface area contributed by atoms with Gasteiger partial charge >= 0.3 is 0 Å². The fourth-order valence-electron chi connectivity index (χ4n) is 2.99. The maximum Gasteiger partial charge on any atom is 0.191 e. The van der Waals surface area contributed by atoms with E-state index >= 15 is 0 Å². The molecule has 1 unspecified atom stereocenters. The summed E-state index contributed by atoms with van der Waals surface area (Å²) in [6.07, 6.45) is 1.83. The first-order valence-electron chi connectivity index (χ1n) is 9.65. The molecule has 1 aromatic heterocycles. The van der Waals surface area contributed by atoms with Gasteiger partial charge in [-0.1, -0.05) is 61.5 Å². The van der Waals surface area contributed by atoms with Crippen LogP contribution in [0.5, 0.6) is 0 Å². The van der Waals surface area contributed by atoms with Crippen LogP contribution in [-0.4, -0.2) is 31.1 Å². The Kier molecular flexibility index (Phi) is 9.87. The highest BCUT2D eigenvalue weighted by Crippen LogP contribution is 2.15. The van der Waals surface area contributed by atoms with E-state index < -0.39 is 0 Å². The molecule has 1 atom stereocenters. The van der Waals surface area contributed by atoms with Gasteiger partial charge in [-0.15, -0.1) is 24.0 Å². The fourth-order valence-corrected chi connectivity index (χ4v) is 2.99. The fraction of sp³-hybridized carbons (Fsp3) is 0.304. The molecule has 154 valence electrons. The summed E-state index contributed by atoms with van der Waals surface area (Å²) in [5.74, 6) is 1.16. The standard InChI is InChI=1S/C23H28N4O.HI/c1-18(16-28-17-19-8-4-3-5-9-19)14-26-23(24-2)27-15-21-11-6-10-20-12-7-13-25-22(20)21;/h3-13,18H,14-17H2,1-2H3,(H2,24,26,27);1H. The van der Waals surface area contributed by atoms with Gasteiger partial charge in [-0.3, -0.25) is 9.98 Å². The van der Waals surface area contributed by atoms with E-state index in [1.54, 1.807) is 7.05 Å². The van der Waals surface area contributed by atoms with E-state index in [0.29, 0.717) is 25.7 Å². The minimum absolute atomic E-state index is 0. The van der Waals surface area contributed by atoms with Gasteiger partial charge in [0, 0.05) is 31.7 Å². The lowest BCUT2D eigenvalue weighted by molar-refractivity contribution is 0.0931. The van der Waals surface area contributed by atoms with Gasteiger partial charge in [-0.25, -0.2) is 0 Å². The molecule has 0 aliphatic rings. The van der Waals surface area contributed by atoms with E-state index in [0.717, 1.165) is 29.0 Å². The Morgan fingerprint density at radius 3 is 2.62 bits per heavy atom. The van der Waals surface area contributed by atoms with Crippen LogP contribution in [0.1, 0.15) is 18.1 Å². The lowest BCUT2D eigenvalue weighted by Gasteiger charge is -2.16. The van der Waals surface area contributed by atoms with Gasteiger partial charge in [0.15, 0.2) is 5.96 Å². The number of nitrogens with zero attached hydrogens (tertiary/aromatic N) is 2. The van der Waals surface area contributed by atoms with Crippen LogP contribution in [0.15, 0.2) is 71.9 Å². The molecule has 0 fully saturated rings. The van der Waals surface area contributed by atoms with Crippen LogP contribution in [0.4, 0.5) is 0 Å². The van der Waals surface area contributed by atoms with Crippen molar-refractivity contribution in [3.05, 3.63) is 78.0 Å². The average Bonchev–Trinajstić information content (AvgIpc) is 2.74. The number of pyridine rings is 1. The van der Waals surface area contributed by atoms with Crippen LogP contribution in [0.3, 0.4) is 0 Å². The molecular formula is C23H29IN4O. The van der Waals surface area contributed by atoms with Crippen LogP contribution in [0.25, 0.3) is 10.9 Å². The van der Waals surface area contributed by atoms with Crippen LogP contribution in [-0.2, 0) is 17.9 Å². The summed E-state index contributed by atoms with van der Waals surface area (Å²) in [6.45, 7) is 4.98. The Labute approximate surface area is 190 Å². The molecule has 0 aliphatic heterocycles. The smallest absolute Gasteiger partial charge is 0.191 e. The van der Waals surface area contributed by atoms with Crippen molar-refractivity contribution in [1.29, 1.82) is 0 Å². The minimum Gasteiger partial charge on any atom is -0.376 e. The zero-order chi connectivity index (χ0) is 19.6. The zero-order valence-corrected chi connectivity index (χ0v) is 19.3. The molecule has 2 aromatic carbocycles. The number of nitrogens with one attached hydrogen (secondary N) is 2. The third kappa shape index (κ3) is 7.29. The average molecular weight is 504 g/mol. The van der Waals surface area contributed by atoms with Crippen molar-refractivity contribution < 1.29 is 4.74 Å². The van der Waals surface area contributed by atoms with Gasteiger partial charge in [-0.05, 0) is 23.1 Å². The Morgan fingerprint density at radius 1 is 1.03 bits per heavy atom. The predicted octanol–water partition coefficient (Wildman–Crippen LogP) is 4.37. The number of halogens is 1. The van der Waals surface area contributed by atoms with E-state index in [2.05, 4.69) is 63.9 Å². The first kappa shape index (κ1) is 23.1. The summed E-state index contributed by atoms with van der Waals surface area (Å²) in [6, 6.07) is 20.5. The third-order valence-electron chi connectivity index (χ3n) is 4.52. The van der Waals surface area contributed by atoms with E-state index in [9.17, 15) is 0 Å². The quantitative estimate of drug-likeness (QED) is 0.272. The molecule has 6 heteroatoms. The number of ether oxygens (including phenoxy) is 1. The Balaban J connectivity index is 0.00000300. The van der Waals surface area contributed by atoms with Crippen LogP contribution in [0, 0.1) is 5.92 Å². The van der Waals surface area contributed by atoms with Gasteiger partial charge in [0.05, 0.1) is 18.7 Å². The summed E-state index contributed by atoms with van der Waals surface area (Å²) in [7, 11) is 1.78. The van der Waals surface area contributed by atoms with Crippen molar-refractivity contribution in [2.45, 2.75) is 20.1 Å². The first-order valence-corrected chi connectivity index (χ1v) is 9.65. The third-order valence-corrected chi connectivity index (χ3v) is 4.52. The number of hydrogen-bond donors (Lipinski definition) is 2. The van der Waals surface area contributed by atoms with Crippen molar-refractivity contribution in [3.8, 4) is 0 Å². The van der Waals surface area contributed by atoms with Gasteiger partial charge in [0.1, 0.15) is 0 Å². The SMILES string of the molecule is CN=C(NCc1cccc2cccnc12)NCC(C)COCc1ccccc1.I. The number of aromatic nitrogens is 1. The monoisotopic (exact) mass is 504 g/mol. The van der Waals surface area contributed by atoms with Crippen molar-refractivity contribution in [3.63, 3.8) is 0 Å². The summed E-state index contributed by atoms with van der Waals surface area (Å²) in [5.41, 5.74) is 3.37. The number of benzene rings is 2. The van der Waals surface area contributed by atoms with Gasteiger partial charge in [-0.2, -0.15) is 0 Å². The number of fused-ring (bicyclic) bond motifs is 1. The predicted molar refractivity (Wildman–Crippen MR) is 131 cm³/mol. The molecule has 0 radical (unpaired) electrons. The Hall–Kier alpha value is -2.19. The summed E-state index contributed by atoms with van der Waals surface area (Å²) < 4.78 is 5.82. The van der Waals surface area contributed by atoms with E-state index in [4.69, 9.17) is 4.74 Å². The van der Waals surface area contributed by atoms with Crippen LogP contribution in [0.2, 0.25) is 0 Å². The summed E-state index contributed by atoms with van der Waals surface area (Å²) >= 11 is 0. The highest BCUT2D eigenvalue weighted by atomic mass is 127. The second kappa shape index (κ2) is 12.4. The number of hydrogen-bond acceptors (Lipinski definition) is 3. The number of guanidine groups is 1. The zero-order valence-electron chi connectivity index (χ0n) is 17.0. The molecule has 0 saturated heterocycles. The number of aliphatic imine (C=N–C) groups is 1. The molecular weight excluding hydrogens is 475 g/mol. The van der Waals surface area contributed by atoms with Crippen molar-refractivity contribution in [2.24, 2.45) is 10.9 Å². The van der Waals surface area contributed by atoms with Gasteiger partial charge in [0.25, 0.3) is 0 Å². The second-order valence-electron chi connectivity index (χ2n) is 6.90. The summed E-state index contributed by atoms with van der Waals surface area (Å²) in [5, 5.41) is 7.90. The molecule has 3 rings (SSSR count). The molecule has 0 spiro atoms. The van der Waals surface area contributed by atoms with Gasteiger partial charge < -0.3 is 15.4 Å². The normalized spacial score (nSPS) is 12.3. The topological polar surface area (TPSA) is 58.5 Å². The molecule has 5 nitrogen and oxygen atoms in total. The minimum atomic E-state index is 0. The van der Waals surface area contributed by atoms with Crippen molar-refractivity contribution in [2.75, 3.05) is 20.2 Å². The molecule has 29 heavy (non-hydrogen) atoms.